The number of hydrazone groups is 1. The molecule has 0 bridgehead atoms. The van der Waals surface area contributed by atoms with Gasteiger partial charge in [0, 0.05) is 4.88 Å². The Hall–Kier alpha value is -2.38. The summed E-state index contributed by atoms with van der Waals surface area (Å²) in [6.45, 7) is 4.80. The Bertz CT molecular complexity index is 873. The second-order valence-corrected chi connectivity index (χ2v) is 7.68. The molecule has 0 atom stereocenters. The van der Waals surface area contributed by atoms with Crippen LogP contribution in [0.2, 0.25) is 0 Å². The van der Waals surface area contributed by atoms with Crippen LogP contribution in [-0.2, 0) is 0 Å². The van der Waals surface area contributed by atoms with E-state index in [4.69, 9.17) is 9.47 Å². The van der Waals surface area contributed by atoms with E-state index in [1.54, 1.807) is 36.0 Å². The fraction of sp³-hybridized carbons (Fsp3) is 0.263. The Morgan fingerprint density at radius 2 is 2.15 bits per heavy atom. The number of thiophene rings is 1. The molecule has 3 aromatic rings. The number of hydrogen-bond donors (Lipinski definition) is 1. The Balaban J connectivity index is 1.70. The van der Waals surface area contributed by atoms with Gasteiger partial charge in [0.15, 0.2) is 11.5 Å². The molecular formula is C19H21N3O2S2. The Morgan fingerprint density at radius 3 is 2.88 bits per heavy atom. The van der Waals surface area contributed by atoms with E-state index in [0.29, 0.717) is 6.61 Å². The molecule has 26 heavy (non-hydrogen) atoms. The highest BCUT2D eigenvalue weighted by molar-refractivity contribution is 7.17. The molecule has 0 spiro atoms. The first-order valence-corrected chi connectivity index (χ1v) is 10.0. The second-order valence-electron chi connectivity index (χ2n) is 5.53. The first kappa shape index (κ1) is 18.4. The van der Waals surface area contributed by atoms with E-state index in [2.05, 4.69) is 40.8 Å². The zero-order chi connectivity index (χ0) is 18.4. The fourth-order valence-corrected chi connectivity index (χ4v) is 3.96. The minimum atomic E-state index is 0.652. The van der Waals surface area contributed by atoms with E-state index < -0.39 is 0 Å². The Labute approximate surface area is 161 Å². The van der Waals surface area contributed by atoms with Crippen LogP contribution in [0.25, 0.3) is 10.6 Å². The maximum absolute atomic E-state index is 5.73. The minimum absolute atomic E-state index is 0.652. The van der Waals surface area contributed by atoms with Crippen LogP contribution in [0, 0.1) is 6.92 Å². The third-order valence-electron chi connectivity index (χ3n) is 3.57. The van der Waals surface area contributed by atoms with E-state index in [9.17, 15) is 0 Å². The summed E-state index contributed by atoms with van der Waals surface area (Å²) in [5.41, 5.74) is 4.96. The van der Waals surface area contributed by atoms with E-state index in [0.717, 1.165) is 34.3 Å². The summed E-state index contributed by atoms with van der Waals surface area (Å²) in [7, 11) is 1.64. The quantitative estimate of drug-likeness (QED) is 0.414. The molecule has 0 amide bonds. The van der Waals surface area contributed by atoms with Gasteiger partial charge in [-0.15, -0.1) is 22.7 Å². The molecule has 136 valence electrons. The molecule has 0 saturated carbocycles. The lowest BCUT2D eigenvalue weighted by atomic mass is 10.2. The monoisotopic (exact) mass is 387 g/mol. The molecule has 2 heterocycles. The maximum atomic E-state index is 5.73. The van der Waals surface area contributed by atoms with Gasteiger partial charge in [-0.05, 0) is 48.6 Å². The highest BCUT2D eigenvalue weighted by atomic mass is 32.1. The van der Waals surface area contributed by atoms with Crippen molar-refractivity contribution in [1.29, 1.82) is 0 Å². The molecule has 0 fully saturated rings. The third-order valence-corrected chi connectivity index (χ3v) is 5.33. The number of benzene rings is 1. The first-order chi connectivity index (χ1) is 12.7. The van der Waals surface area contributed by atoms with E-state index in [-0.39, 0.29) is 0 Å². The van der Waals surface area contributed by atoms with Crippen molar-refractivity contribution in [1.82, 2.24) is 4.98 Å². The number of anilines is 1. The molecule has 0 aliphatic carbocycles. The molecule has 7 heteroatoms. The predicted molar refractivity (Wildman–Crippen MR) is 110 cm³/mol. The molecule has 1 aromatic carbocycles. The lowest BCUT2D eigenvalue weighted by molar-refractivity contribution is 0.294. The number of nitrogens with one attached hydrogen (secondary N) is 1. The third kappa shape index (κ3) is 4.42. The van der Waals surface area contributed by atoms with Gasteiger partial charge in [0.05, 0.1) is 30.5 Å². The van der Waals surface area contributed by atoms with E-state index in [1.807, 2.05) is 24.3 Å². The molecular weight excluding hydrogens is 366 g/mol. The van der Waals surface area contributed by atoms with Crippen LogP contribution in [0.1, 0.15) is 23.8 Å². The lowest BCUT2D eigenvalue weighted by Gasteiger charge is -2.10. The molecule has 0 aliphatic heterocycles. The number of ether oxygens (including phenoxy) is 2. The molecule has 0 radical (unpaired) electrons. The summed E-state index contributed by atoms with van der Waals surface area (Å²) in [6, 6.07) is 9.85. The second kappa shape index (κ2) is 8.82. The molecule has 3 rings (SSSR count). The highest BCUT2D eigenvalue weighted by Gasteiger charge is 2.10. The topological polar surface area (TPSA) is 55.7 Å². The summed E-state index contributed by atoms with van der Waals surface area (Å²) in [4.78, 5) is 6.97. The predicted octanol–water partition coefficient (Wildman–Crippen LogP) is 5.42. The summed E-state index contributed by atoms with van der Waals surface area (Å²) in [6.07, 6.45) is 2.69. The number of nitrogens with zero attached hydrogens (tertiary/aromatic N) is 2. The van der Waals surface area contributed by atoms with Crippen molar-refractivity contribution in [2.75, 3.05) is 19.1 Å². The van der Waals surface area contributed by atoms with Crippen molar-refractivity contribution in [2.45, 2.75) is 20.3 Å². The summed E-state index contributed by atoms with van der Waals surface area (Å²) < 4.78 is 11.1. The van der Waals surface area contributed by atoms with Gasteiger partial charge >= 0.3 is 0 Å². The zero-order valence-electron chi connectivity index (χ0n) is 15.0. The van der Waals surface area contributed by atoms with Crippen molar-refractivity contribution in [3.05, 3.63) is 46.2 Å². The lowest BCUT2D eigenvalue weighted by Crippen LogP contribution is -1.99. The van der Waals surface area contributed by atoms with Crippen LogP contribution in [0.15, 0.2) is 40.8 Å². The average Bonchev–Trinajstić information content (AvgIpc) is 3.29. The van der Waals surface area contributed by atoms with Crippen LogP contribution in [-0.4, -0.2) is 24.9 Å². The largest absolute Gasteiger partial charge is 0.493 e. The molecule has 5 nitrogen and oxygen atoms in total. The number of aromatic nitrogens is 1. The number of aryl methyl sites for hydroxylation is 1. The number of methoxy groups -OCH3 is 1. The smallest absolute Gasteiger partial charge is 0.204 e. The van der Waals surface area contributed by atoms with Crippen LogP contribution in [0.3, 0.4) is 0 Å². The zero-order valence-corrected chi connectivity index (χ0v) is 16.6. The van der Waals surface area contributed by atoms with Crippen LogP contribution >= 0.6 is 22.7 Å². The maximum Gasteiger partial charge on any atom is 0.204 e. The minimum Gasteiger partial charge on any atom is -0.493 e. The first-order valence-electron chi connectivity index (χ1n) is 8.32. The standard InChI is InChI=1S/C19H21N3O2S2/c1-4-9-24-16-11-14(7-8-15(16)23-3)12-20-22-19-21-18(13(2)26-19)17-6-5-10-25-17/h5-8,10-12H,4,9H2,1-3H3,(H,21,22)/b20-12-. The number of hydrogen-bond acceptors (Lipinski definition) is 7. The van der Waals surface area contributed by atoms with Crippen molar-refractivity contribution >= 4 is 34.0 Å². The van der Waals surface area contributed by atoms with Gasteiger partial charge in [0.1, 0.15) is 0 Å². The number of thiazole rings is 1. The van der Waals surface area contributed by atoms with Crippen LogP contribution in [0.5, 0.6) is 11.5 Å². The number of rotatable bonds is 8. The van der Waals surface area contributed by atoms with Crippen LogP contribution < -0.4 is 14.9 Å². The Morgan fingerprint density at radius 1 is 1.27 bits per heavy atom. The van der Waals surface area contributed by atoms with Crippen molar-refractivity contribution < 1.29 is 9.47 Å². The fourth-order valence-electron chi connectivity index (χ4n) is 2.35. The normalized spacial score (nSPS) is 11.0. The van der Waals surface area contributed by atoms with Crippen molar-refractivity contribution in [3.63, 3.8) is 0 Å². The molecule has 0 saturated heterocycles. The summed E-state index contributed by atoms with van der Waals surface area (Å²) in [5, 5.41) is 7.14. The SMILES string of the molecule is CCCOc1cc(/C=N\Nc2nc(-c3cccs3)c(C)s2)ccc1OC. The van der Waals surface area contributed by atoms with Gasteiger partial charge in [0.2, 0.25) is 5.13 Å². The summed E-state index contributed by atoms with van der Waals surface area (Å²) >= 11 is 3.28. The average molecular weight is 388 g/mol. The van der Waals surface area contributed by atoms with Gasteiger partial charge < -0.3 is 9.47 Å². The summed E-state index contributed by atoms with van der Waals surface area (Å²) in [5.74, 6) is 1.45. The van der Waals surface area contributed by atoms with E-state index >= 15 is 0 Å². The molecule has 0 unspecified atom stereocenters. The molecule has 2 aromatic heterocycles. The van der Waals surface area contributed by atoms with E-state index in [1.165, 1.54) is 9.75 Å². The van der Waals surface area contributed by atoms with Gasteiger partial charge in [0.25, 0.3) is 0 Å². The van der Waals surface area contributed by atoms with Gasteiger partial charge in [-0.3, -0.25) is 5.43 Å². The molecule has 1 N–H and O–H groups in total. The van der Waals surface area contributed by atoms with Gasteiger partial charge in [-0.1, -0.05) is 13.0 Å². The van der Waals surface area contributed by atoms with Crippen LogP contribution in [0.4, 0.5) is 5.13 Å². The van der Waals surface area contributed by atoms with Gasteiger partial charge in [-0.2, -0.15) is 5.10 Å². The highest BCUT2D eigenvalue weighted by Crippen LogP contribution is 2.33. The van der Waals surface area contributed by atoms with Crippen molar-refractivity contribution in [2.24, 2.45) is 5.10 Å². The molecule has 0 aliphatic rings. The Kier molecular flexibility index (Phi) is 6.25. The van der Waals surface area contributed by atoms with Gasteiger partial charge in [-0.25, -0.2) is 4.98 Å². The van der Waals surface area contributed by atoms with Crippen molar-refractivity contribution in [3.8, 4) is 22.1 Å².